The summed E-state index contributed by atoms with van der Waals surface area (Å²) >= 11 is 5.00. The van der Waals surface area contributed by atoms with Gasteiger partial charge in [0.25, 0.3) is 0 Å². The van der Waals surface area contributed by atoms with Crippen LogP contribution in [0.25, 0.3) is 0 Å². The third kappa shape index (κ3) is 2.40. The molecule has 0 amide bonds. The van der Waals surface area contributed by atoms with E-state index in [1.54, 1.807) is 6.07 Å². The van der Waals surface area contributed by atoms with Crippen molar-refractivity contribution in [3.05, 3.63) is 31.6 Å². The Balaban J connectivity index is 3.28. The molecular formula is C8H5BrFIO2. The molecule has 0 atom stereocenters. The Morgan fingerprint density at radius 2 is 2.23 bits per heavy atom. The minimum atomic E-state index is -0.658. The molecular weight excluding hydrogens is 354 g/mol. The van der Waals surface area contributed by atoms with Gasteiger partial charge in [0.2, 0.25) is 0 Å². The standard InChI is InChI=1S/C8H5BrFIO2/c1-13-8(12)7-5(10)2-4(9)3-6(7)11/h2-3H,1H3. The second-order valence-corrected chi connectivity index (χ2v) is 4.31. The number of hydrogen-bond donors (Lipinski definition) is 0. The molecule has 0 saturated carbocycles. The molecule has 0 aliphatic carbocycles. The zero-order valence-electron chi connectivity index (χ0n) is 6.61. The molecule has 1 aromatic rings. The third-order valence-electron chi connectivity index (χ3n) is 1.40. The summed E-state index contributed by atoms with van der Waals surface area (Å²) in [7, 11) is 1.22. The Labute approximate surface area is 96.7 Å². The second-order valence-electron chi connectivity index (χ2n) is 2.24. The van der Waals surface area contributed by atoms with E-state index in [0.717, 1.165) is 0 Å². The number of hydrogen-bond acceptors (Lipinski definition) is 2. The van der Waals surface area contributed by atoms with Crippen molar-refractivity contribution in [3.63, 3.8) is 0 Å². The molecule has 13 heavy (non-hydrogen) atoms. The summed E-state index contributed by atoms with van der Waals surface area (Å²) < 4.78 is 18.8. The van der Waals surface area contributed by atoms with Crippen LogP contribution >= 0.6 is 38.5 Å². The minimum absolute atomic E-state index is 0.0219. The van der Waals surface area contributed by atoms with Crippen LogP contribution in [0.1, 0.15) is 10.4 Å². The summed E-state index contributed by atoms with van der Waals surface area (Å²) in [5, 5.41) is 0. The molecule has 0 aliphatic rings. The van der Waals surface area contributed by atoms with Crippen LogP contribution in [0, 0.1) is 9.39 Å². The van der Waals surface area contributed by atoms with E-state index in [1.165, 1.54) is 13.2 Å². The summed E-state index contributed by atoms with van der Waals surface area (Å²) in [6.07, 6.45) is 0. The first-order valence-electron chi connectivity index (χ1n) is 3.29. The molecule has 0 aliphatic heterocycles. The maximum atomic E-state index is 13.2. The van der Waals surface area contributed by atoms with Gasteiger partial charge < -0.3 is 4.74 Å². The van der Waals surface area contributed by atoms with Crippen LogP contribution in [0.2, 0.25) is 0 Å². The van der Waals surface area contributed by atoms with Crippen LogP contribution in [0.15, 0.2) is 16.6 Å². The Bertz CT molecular complexity index is 331. The van der Waals surface area contributed by atoms with Crippen LogP contribution in [-0.4, -0.2) is 13.1 Å². The Morgan fingerprint density at radius 3 is 2.69 bits per heavy atom. The van der Waals surface area contributed by atoms with E-state index in [0.29, 0.717) is 8.04 Å². The van der Waals surface area contributed by atoms with Crippen LogP contribution in [0.5, 0.6) is 0 Å². The summed E-state index contributed by atoms with van der Waals surface area (Å²) in [6, 6.07) is 2.88. The van der Waals surface area contributed by atoms with Crippen molar-refractivity contribution in [3.8, 4) is 0 Å². The largest absolute Gasteiger partial charge is 0.465 e. The highest BCUT2D eigenvalue weighted by Crippen LogP contribution is 2.22. The Kier molecular flexibility index (Phi) is 3.66. The molecule has 0 saturated heterocycles. The average molecular weight is 359 g/mol. The number of esters is 1. The monoisotopic (exact) mass is 358 g/mol. The van der Waals surface area contributed by atoms with Gasteiger partial charge in [0.1, 0.15) is 11.4 Å². The van der Waals surface area contributed by atoms with Gasteiger partial charge in [-0.2, -0.15) is 0 Å². The van der Waals surface area contributed by atoms with E-state index in [4.69, 9.17) is 0 Å². The minimum Gasteiger partial charge on any atom is -0.465 e. The molecule has 0 heterocycles. The predicted molar refractivity (Wildman–Crippen MR) is 58.2 cm³/mol. The molecule has 0 bridgehead atoms. The van der Waals surface area contributed by atoms with Crippen molar-refractivity contribution in [1.82, 2.24) is 0 Å². The molecule has 1 aromatic carbocycles. The lowest BCUT2D eigenvalue weighted by molar-refractivity contribution is 0.0594. The molecule has 5 heteroatoms. The average Bonchev–Trinajstić information content (AvgIpc) is 2.02. The van der Waals surface area contributed by atoms with Crippen molar-refractivity contribution in [2.45, 2.75) is 0 Å². The van der Waals surface area contributed by atoms with Crippen molar-refractivity contribution in [2.24, 2.45) is 0 Å². The molecule has 0 spiro atoms. The highest BCUT2D eigenvalue weighted by Gasteiger charge is 2.16. The van der Waals surface area contributed by atoms with Gasteiger partial charge in [-0.05, 0) is 34.7 Å². The molecule has 2 nitrogen and oxygen atoms in total. The normalized spacial score (nSPS) is 9.85. The van der Waals surface area contributed by atoms with E-state index in [-0.39, 0.29) is 5.56 Å². The summed E-state index contributed by atoms with van der Waals surface area (Å²) in [4.78, 5) is 11.1. The fourth-order valence-electron chi connectivity index (χ4n) is 0.839. The number of rotatable bonds is 1. The van der Waals surface area contributed by atoms with E-state index in [9.17, 15) is 9.18 Å². The van der Waals surface area contributed by atoms with E-state index < -0.39 is 11.8 Å². The quantitative estimate of drug-likeness (QED) is 0.570. The van der Waals surface area contributed by atoms with Crippen molar-refractivity contribution >= 4 is 44.5 Å². The van der Waals surface area contributed by atoms with Gasteiger partial charge >= 0.3 is 5.97 Å². The molecule has 1 rings (SSSR count). The van der Waals surface area contributed by atoms with Crippen LogP contribution in [0.3, 0.4) is 0 Å². The molecule has 0 N–H and O–H groups in total. The lowest BCUT2D eigenvalue weighted by Crippen LogP contribution is -2.07. The lowest BCUT2D eigenvalue weighted by atomic mass is 10.2. The molecule has 0 aromatic heterocycles. The first-order chi connectivity index (χ1) is 6.06. The summed E-state index contributed by atoms with van der Waals surface area (Å²) in [5.74, 6) is -1.24. The van der Waals surface area contributed by atoms with E-state index in [2.05, 4.69) is 20.7 Å². The third-order valence-corrected chi connectivity index (χ3v) is 2.71. The van der Waals surface area contributed by atoms with Gasteiger partial charge in [0.05, 0.1) is 7.11 Å². The Hall–Kier alpha value is -0.170. The van der Waals surface area contributed by atoms with Gasteiger partial charge in [-0.15, -0.1) is 0 Å². The molecule has 0 fully saturated rings. The maximum absolute atomic E-state index is 13.2. The van der Waals surface area contributed by atoms with Crippen LogP contribution in [0.4, 0.5) is 4.39 Å². The number of carbonyl (C=O) groups excluding carboxylic acids is 1. The van der Waals surface area contributed by atoms with Crippen molar-refractivity contribution in [2.75, 3.05) is 7.11 Å². The summed E-state index contributed by atoms with van der Waals surface area (Å²) in [5.41, 5.74) is -0.0219. The van der Waals surface area contributed by atoms with Gasteiger partial charge in [-0.25, -0.2) is 9.18 Å². The van der Waals surface area contributed by atoms with Gasteiger partial charge in [0.15, 0.2) is 0 Å². The van der Waals surface area contributed by atoms with Gasteiger partial charge in [-0.3, -0.25) is 0 Å². The highest BCUT2D eigenvalue weighted by molar-refractivity contribution is 14.1. The maximum Gasteiger partial charge on any atom is 0.341 e. The first-order valence-corrected chi connectivity index (χ1v) is 5.16. The lowest BCUT2D eigenvalue weighted by Gasteiger charge is -2.04. The smallest absolute Gasteiger partial charge is 0.341 e. The van der Waals surface area contributed by atoms with E-state index >= 15 is 0 Å². The zero-order valence-corrected chi connectivity index (χ0v) is 10.3. The predicted octanol–water partition coefficient (Wildman–Crippen LogP) is 2.98. The van der Waals surface area contributed by atoms with Gasteiger partial charge in [-0.1, -0.05) is 15.9 Å². The molecule has 70 valence electrons. The number of carbonyl (C=O) groups is 1. The molecule has 0 unspecified atom stereocenters. The number of benzene rings is 1. The summed E-state index contributed by atoms with van der Waals surface area (Å²) in [6.45, 7) is 0. The van der Waals surface area contributed by atoms with Crippen molar-refractivity contribution < 1.29 is 13.9 Å². The van der Waals surface area contributed by atoms with Crippen molar-refractivity contribution in [1.29, 1.82) is 0 Å². The highest BCUT2D eigenvalue weighted by atomic mass is 127. The number of methoxy groups -OCH3 is 1. The van der Waals surface area contributed by atoms with E-state index in [1.807, 2.05) is 22.6 Å². The molecule has 0 radical (unpaired) electrons. The number of halogens is 3. The SMILES string of the molecule is COC(=O)c1c(F)cc(Br)cc1I. The van der Waals surface area contributed by atoms with Gasteiger partial charge in [0, 0.05) is 8.04 Å². The zero-order chi connectivity index (χ0) is 10.0. The Morgan fingerprint density at radius 1 is 1.62 bits per heavy atom. The fraction of sp³-hybridized carbons (Fsp3) is 0.125. The fourth-order valence-corrected chi connectivity index (χ4v) is 2.51. The topological polar surface area (TPSA) is 26.3 Å². The van der Waals surface area contributed by atoms with Crippen LogP contribution in [-0.2, 0) is 4.74 Å². The van der Waals surface area contributed by atoms with Crippen LogP contribution < -0.4 is 0 Å². The first kappa shape index (κ1) is 10.9. The number of ether oxygens (including phenoxy) is 1. The second kappa shape index (κ2) is 4.36.